The molecule has 2 aliphatic heterocycles. The smallest absolute Gasteiger partial charge is 0.222 e. The highest BCUT2D eigenvalue weighted by atomic mass is 32.1. The second-order valence-electron chi connectivity index (χ2n) is 7.91. The molecule has 1 aromatic heterocycles. The van der Waals surface area contributed by atoms with Crippen molar-refractivity contribution < 1.29 is 18.7 Å². The number of benzene rings is 1. The number of fused-ring (bicyclic) bond motifs is 1. The standard InChI is InChI=1S/C22H25FN2O3S/c1-28-18-12-15(2-3-17(18)23)13-22(8-4-20(26)24-22)9-5-21(27)25-10-6-19-16(14-25)7-11-29-19/h2-3,7,11-12H,4-6,8-10,13-14H2,1H3,(H,24,26). The first-order valence-corrected chi connectivity index (χ1v) is 10.8. The van der Waals surface area contributed by atoms with E-state index in [2.05, 4.69) is 16.8 Å². The van der Waals surface area contributed by atoms with Crippen LogP contribution in [0.4, 0.5) is 4.39 Å². The minimum absolute atomic E-state index is 0.00686. The fourth-order valence-electron chi connectivity index (χ4n) is 4.35. The number of methoxy groups -OCH3 is 1. The van der Waals surface area contributed by atoms with Gasteiger partial charge in [0.2, 0.25) is 11.8 Å². The van der Waals surface area contributed by atoms with E-state index < -0.39 is 11.4 Å². The summed E-state index contributed by atoms with van der Waals surface area (Å²) in [4.78, 5) is 28.1. The lowest BCUT2D eigenvalue weighted by Gasteiger charge is -2.32. The molecule has 0 saturated carbocycles. The maximum Gasteiger partial charge on any atom is 0.222 e. The summed E-state index contributed by atoms with van der Waals surface area (Å²) in [5.41, 5.74) is 1.66. The van der Waals surface area contributed by atoms with Gasteiger partial charge in [-0.3, -0.25) is 9.59 Å². The Morgan fingerprint density at radius 2 is 2.21 bits per heavy atom. The van der Waals surface area contributed by atoms with E-state index in [0.29, 0.717) is 38.6 Å². The molecule has 4 rings (SSSR count). The highest BCUT2D eigenvalue weighted by Gasteiger charge is 2.38. The molecule has 1 unspecified atom stereocenters. The summed E-state index contributed by atoms with van der Waals surface area (Å²) < 4.78 is 18.8. The Labute approximate surface area is 173 Å². The molecule has 5 nitrogen and oxygen atoms in total. The lowest BCUT2D eigenvalue weighted by molar-refractivity contribution is -0.132. The van der Waals surface area contributed by atoms with Gasteiger partial charge < -0.3 is 15.0 Å². The van der Waals surface area contributed by atoms with Crippen LogP contribution in [0.1, 0.15) is 41.7 Å². The summed E-state index contributed by atoms with van der Waals surface area (Å²) in [7, 11) is 1.44. The average molecular weight is 417 g/mol. The molecule has 3 heterocycles. The topological polar surface area (TPSA) is 58.6 Å². The maximum atomic E-state index is 13.7. The van der Waals surface area contributed by atoms with Crippen molar-refractivity contribution in [2.75, 3.05) is 13.7 Å². The summed E-state index contributed by atoms with van der Waals surface area (Å²) in [5.74, 6) is -0.0850. The number of nitrogens with one attached hydrogen (secondary N) is 1. The molecule has 7 heteroatoms. The van der Waals surface area contributed by atoms with Crippen LogP contribution < -0.4 is 10.1 Å². The Morgan fingerprint density at radius 1 is 1.34 bits per heavy atom. The van der Waals surface area contributed by atoms with Crippen LogP contribution in [0, 0.1) is 5.82 Å². The van der Waals surface area contributed by atoms with E-state index in [1.165, 1.54) is 23.6 Å². The summed E-state index contributed by atoms with van der Waals surface area (Å²) in [6.45, 7) is 1.42. The zero-order chi connectivity index (χ0) is 20.4. The normalized spacial score (nSPS) is 21.0. The molecule has 0 bridgehead atoms. The molecule has 0 spiro atoms. The lowest BCUT2D eigenvalue weighted by atomic mass is 9.84. The highest BCUT2D eigenvalue weighted by molar-refractivity contribution is 7.10. The number of amides is 2. The zero-order valence-electron chi connectivity index (χ0n) is 16.5. The molecule has 2 amide bonds. The van der Waals surface area contributed by atoms with Gasteiger partial charge in [0, 0.05) is 36.3 Å². The predicted molar refractivity (Wildman–Crippen MR) is 109 cm³/mol. The Hall–Kier alpha value is -2.41. The third-order valence-corrected chi connectivity index (χ3v) is 6.99. The van der Waals surface area contributed by atoms with E-state index in [0.717, 1.165) is 18.5 Å². The molecule has 1 fully saturated rings. The fourth-order valence-corrected chi connectivity index (χ4v) is 5.24. The molecule has 2 aromatic rings. The van der Waals surface area contributed by atoms with Crippen LogP contribution in [0.5, 0.6) is 5.75 Å². The predicted octanol–water partition coefficient (Wildman–Crippen LogP) is 3.45. The van der Waals surface area contributed by atoms with Crippen molar-refractivity contribution in [2.45, 2.75) is 50.6 Å². The van der Waals surface area contributed by atoms with Gasteiger partial charge in [-0.1, -0.05) is 6.07 Å². The molecular formula is C22H25FN2O3S. The molecule has 1 N–H and O–H groups in total. The van der Waals surface area contributed by atoms with E-state index >= 15 is 0 Å². The van der Waals surface area contributed by atoms with Gasteiger partial charge in [0.05, 0.1) is 7.11 Å². The Balaban J connectivity index is 1.43. The molecule has 1 atom stereocenters. The maximum absolute atomic E-state index is 13.7. The number of ether oxygens (including phenoxy) is 1. The van der Waals surface area contributed by atoms with Crippen LogP contribution in [-0.2, 0) is 29.0 Å². The zero-order valence-corrected chi connectivity index (χ0v) is 17.3. The minimum atomic E-state index is -0.473. The van der Waals surface area contributed by atoms with Crippen molar-refractivity contribution in [1.29, 1.82) is 0 Å². The summed E-state index contributed by atoms with van der Waals surface area (Å²) in [6.07, 6.45) is 3.55. The third-order valence-electron chi connectivity index (χ3n) is 5.97. The van der Waals surface area contributed by atoms with Gasteiger partial charge >= 0.3 is 0 Å². The van der Waals surface area contributed by atoms with E-state index in [1.807, 2.05) is 4.90 Å². The number of carbonyl (C=O) groups excluding carboxylic acids is 2. The van der Waals surface area contributed by atoms with Gasteiger partial charge in [-0.15, -0.1) is 11.3 Å². The fraction of sp³-hybridized carbons (Fsp3) is 0.455. The van der Waals surface area contributed by atoms with Crippen molar-refractivity contribution in [1.82, 2.24) is 10.2 Å². The summed E-state index contributed by atoms with van der Waals surface area (Å²) in [5, 5.41) is 5.18. The van der Waals surface area contributed by atoms with Crippen LogP contribution in [0.3, 0.4) is 0 Å². The van der Waals surface area contributed by atoms with E-state index in [9.17, 15) is 14.0 Å². The second-order valence-corrected chi connectivity index (χ2v) is 8.91. The van der Waals surface area contributed by atoms with Crippen molar-refractivity contribution in [2.24, 2.45) is 0 Å². The number of hydrogen-bond donors (Lipinski definition) is 1. The second kappa shape index (κ2) is 8.14. The quantitative estimate of drug-likeness (QED) is 0.785. The average Bonchev–Trinajstić information content (AvgIpc) is 3.34. The number of thiophene rings is 1. The number of hydrogen-bond acceptors (Lipinski definition) is 4. The van der Waals surface area contributed by atoms with Crippen LogP contribution in [0.2, 0.25) is 0 Å². The van der Waals surface area contributed by atoms with Crippen molar-refractivity contribution in [3.8, 4) is 5.75 Å². The van der Waals surface area contributed by atoms with Crippen LogP contribution >= 0.6 is 11.3 Å². The van der Waals surface area contributed by atoms with E-state index in [1.54, 1.807) is 23.5 Å². The van der Waals surface area contributed by atoms with Crippen LogP contribution in [-0.4, -0.2) is 35.9 Å². The number of carbonyl (C=O) groups is 2. The van der Waals surface area contributed by atoms with Gasteiger partial charge in [0.1, 0.15) is 0 Å². The monoisotopic (exact) mass is 416 g/mol. The molecule has 154 valence electrons. The Bertz CT molecular complexity index is 929. The first kappa shape index (κ1) is 19.9. The highest BCUT2D eigenvalue weighted by Crippen LogP contribution is 2.32. The van der Waals surface area contributed by atoms with Crippen LogP contribution in [0.15, 0.2) is 29.6 Å². The molecule has 2 aliphatic rings. The van der Waals surface area contributed by atoms with Gasteiger partial charge in [0.25, 0.3) is 0 Å². The Morgan fingerprint density at radius 3 is 2.97 bits per heavy atom. The molecule has 1 aromatic carbocycles. The van der Waals surface area contributed by atoms with Crippen molar-refractivity contribution in [3.63, 3.8) is 0 Å². The number of halogens is 1. The first-order chi connectivity index (χ1) is 14.0. The van der Waals surface area contributed by atoms with E-state index in [-0.39, 0.29) is 17.6 Å². The largest absolute Gasteiger partial charge is 0.494 e. The van der Waals surface area contributed by atoms with Gasteiger partial charge in [-0.05, 0) is 60.4 Å². The molecule has 1 saturated heterocycles. The summed E-state index contributed by atoms with van der Waals surface area (Å²) >= 11 is 1.76. The molecular weight excluding hydrogens is 391 g/mol. The van der Waals surface area contributed by atoms with Gasteiger partial charge in [-0.2, -0.15) is 0 Å². The van der Waals surface area contributed by atoms with Crippen LogP contribution in [0.25, 0.3) is 0 Å². The lowest BCUT2D eigenvalue weighted by Crippen LogP contribution is -2.45. The first-order valence-electron chi connectivity index (χ1n) is 9.94. The minimum Gasteiger partial charge on any atom is -0.494 e. The number of rotatable bonds is 6. The SMILES string of the molecule is COc1cc(CC2(CCC(=O)N3CCc4sccc4C3)CCC(=O)N2)ccc1F. The summed E-state index contributed by atoms with van der Waals surface area (Å²) in [6, 6.07) is 6.87. The van der Waals surface area contributed by atoms with Gasteiger partial charge in [-0.25, -0.2) is 4.39 Å². The molecule has 0 radical (unpaired) electrons. The molecule has 0 aliphatic carbocycles. The molecule has 29 heavy (non-hydrogen) atoms. The van der Waals surface area contributed by atoms with Gasteiger partial charge in [0.15, 0.2) is 11.6 Å². The number of nitrogens with zero attached hydrogens (tertiary/aromatic N) is 1. The van der Waals surface area contributed by atoms with E-state index in [4.69, 9.17) is 4.74 Å². The van der Waals surface area contributed by atoms with Crippen molar-refractivity contribution in [3.05, 3.63) is 51.5 Å². The Kier molecular flexibility index (Phi) is 5.58. The van der Waals surface area contributed by atoms with Crippen molar-refractivity contribution >= 4 is 23.2 Å². The third kappa shape index (κ3) is 4.29.